The maximum atomic E-state index is 14.3. The van der Waals surface area contributed by atoms with E-state index in [-0.39, 0.29) is 12.2 Å². The molecule has 0 radical (unpaired) electrons. The highest BCUT2D eigenvalue weighted by atomic mass is 19.1. The fourth-order valence-corrected chi connectivity index (χ4v) is 1.56. The molecule has 4 heteroatoms. The van der Waals surface area contributed by atoms with Gasteiger partial charge in [0, 0.05) is 5.56 Å². The van der Waals surface area contributed by atoms with E-state index in [1.54, 1.807) is 19.1 Å². The van der Waals surface area contributed by atoms with Crippen LogP contribution in [0.15, 0.2) is 24.3 Å². The number of carbonyl (C=O) groups is 1. The predicted molar refractivity (Wildman–Crippen MR) is 65.6 cm³/mol. The van der Waals surface area contributed by atoms with Gasteiger partial charge in [0.2, 0.25) is 0 Å². The molecule has 0 aliphatic rings. The van der Waals surface area contributed by atoms with Crippen molar-refractivity contribution in [1.82, 2.24) is 0 Å². The van der Waals surface area contributed by atoms with Crippen LogP contribution in [0.25, 0.3) is 0 Å². The zero-order valence-electron chi connectivity index (χ0n) is 10.7. The number of esters is 1. The Morgan fingerprint density at radius 2 is 2.00 bits per heavy atom. The van der Waals surface area contributed by atoms with Crippen molar-refractivity contribution in [3.8, 4) is 6.07 Å². The van der Waals surface area contributed by atoms with Gasteiger partial charge in [-0.05, 0) is 18.4 Å². The first-order valence-electron chi connectivity index (χ1n) is 5.83. The van der Waals surface area contributed by atoms with Gasteiger partial charge in [-0.2, -0.15) is 5.26 Å². The molecule has 0 amide bonds. The Bertz CT molecular complexity index is 462. The van der Waals surface area contributed by atoms with Crippen LogP contribution in [0.4, 0.5) is 4.39 Å². The van der Waals surface area contributed by atoms with Gasteiger partial charge in [-0.25, -0.2) is 9.18 Å². The Morgan fingerprint density at radius 3 is 2.39 bits per heavy atom. The molecule has 0 unspecified atom stereocenters. The van der Waals surface area contributed by atoms with Crippen molar-refractivity contribution in [2.24, 2.45) is 0 Å². The van der Waals surface area contributed by atoms with Crippen molar-refractivity contribution < 1.29 is 13.9 Å². The van der Waals surface area contributed by atoms with E-state index >= 15 is 0 Å². The standard InChI is InChI=1S/C14H16FNO2/c1-4-18-13(17)14(15,9-16)12-7-5-11(6-8-12)10(2)3/h5-8,10H,4H2,1-3H3/t14-/m1/s1. The first-order valence-corrected chi connectivity index (χ1v) is 5.83. The number of nitriles is 1. The third-order valence-electron chi connectivity index (χ3n) is 2.69. The molecular weight excluding hydrogens is 233 g/mol. The number of halogens is 1. The molecule has 0 heterocycles. The van der Waals surface area contributed by atoms with E-state index in [1.807, 2.05) is 13.8 Å². The van der Waals surface area contributed by atoms with E-state index in [4.69, 9.17) is 5.26 Å². The minimum absolute atomic E-state index is 0.00727. The van der Waals surface area contributed by atoms with E-state index in [0.29, 0.717) is 5.92 Å². The van der Waals surface area contributed by atoms with Crippen LogP contribution in [0.1, 0.15) is 37.8 Å². The summed E-state index contributed by atoms with van der Waals surface area (Å²) in [5.74, 6) is -0.859. The van der Waals surface area contributed by atoms with E-state index < -0.39 is 11.6 Å². The summed E-state index contributed by atoms with van der Waals surface area (Å²) in [5, 5.41) is 8.89. The smallest absolute Gasteiger partial charge is 0.363 e. The quantitative estimate of drug-likeness (QED) is 0.770. The van der Waals surface area contributed by atoms with Gasteiger partial charge in [0.1, 0.15) is 6.07 Å². The van der Waals surface area contributed by atoms with Crippen LogP contribution < -0.4 is 0 Å². The lowest BCUT2D eigenvalue weighted by molar-refractivity contribution is -0.154. The van der Waals surface area contributed by atoms with Crippen molar-refractivity contribution >= 4 is 5.97 Å². The molecule has 1 aromatic rings. The van der Waals surface area contributed by atoms with Crippen LogP contribution in [-0.2, 0) is 15.2 Å². The number of benzene rings is 1. The number of hydrogen-bond acceptors (Lipinski definition) is 3. The van der Waals surface area contributed by atoms with Gasteiger partial charge in [0.05, 0.1) is 6.61 Å². The summed E-state index contributed by atoms with van der Waals surface area (Å²) in [7, 11) is 0. The molecule has 18 heavy (non-hydrogen) atoms. The maximum Gasteiger partial charge on any atom is 0.363 e. The number of ether oxygens (including phenoxy) is 1. The summed E-state index contributed by atoms with van der Waals surface area (Å²) in [4.78, 5) is 11.5. The van der Waals surface area contributed by atoms with Gasteiger partial charge >= 0.3 is 11.6 Å². The summed E-state index contributed by atoms with van der Waals surface area (Å²) in [5.41, 5.74) is -1.71. The van der Waals surface area contributed by atoms with Crippen molar-refractivity contribution in [2.75, 3.05) is 6.61 Å². The van der Waals surface area contributed by atoms with Crippen LogP contribution in [0.5, 0.6) is 0 Å². The van der Waals surface area contributed by atoms with E-state index in [0.717, 1.165) is 5.56 Å². The molecule has 1 aromatic carbocycles. The highest BCUT2D eigenvalue weighted by Crippen LogP contribution is 2.28. The number of nitrogens with zero attached hydrogens (tertiary/aromatic N) is 1. The zero-order chi connectivity index (χ0) is 13.8. The molecular formula is C14H16FNO2. The second-order valence-electron chi connectivity index (χ2n) is 4.27. The molecule has 3 nitrogen and oxygen atoms in total. The summed E-state index contributed by atoms with van der Waals surface area (Å²) in [6, 6.07) is 7.72. The summed E-state index contributed by atoms with van der Waals surface area (Å²) in [6.07, 6.45) is 0. The van der Waals surface area contributed by atoms with Gasteiger partial charge < -0.3 is 4.74 Å². The Kier molecular flexibility index (Phi) is 4.43. The second-order valence-corrected chi connectivity index (χ2v) is 4.27. The van der Waals surface area contributed by atoms with E-state index in [1.165, 1.54) is 18.2 Å². The summed E-state index contributed by atoms with van der Waals surface area (Å²) in [6.45, 7) is 5.62. The number of alkyl halides is 1. The Morgan fingerprint density at radius 1 is 1.44 bits per heavy atom. The van der Waals surface area contributed by atoms with E-state index in [9.17, 15) is 9.18 Å². The average molecular weight is 249 g/mol. The highest BCUT2D eigenvalue weighted by molar-refractivity contribution is 5.84. The Balaban J connectivity index is 3.10. The largest absolute Gasteiger partial charge is 0.463 e. The SMILES string of the molecule is CCOC(=O)[C@@](F)(C#N)c1ccc(C(C)C)cc1. The second kappa shape index (κ2) is 5.63. The van der Waals surface area contributed by atoms with Crippen molar-refractivity contribution in [1.29, 1.82) is 5.26 Å². The molecule has 0 fully saturated rings. The van der Waals surface area contributed by atoms with Crippen molar-refractivity contribution in [3.63, 3.8) is 0 Å². The van der Waals surface area contributed by atoms with Crippen molar-refractivity contribution in [2.45, 2.75) is 32.4 Å². The number of hydrogen-bond donors (Lipinski definition) is 0. The molecule has 0 saturated carbocycles. The average Bonchev–Trinajstić information content (AvgIpc) is 2.38. The van der Waals surface area contributed by atoms with Gasteiger partial charge in [0.25, 0.3) is 0 Å². The number of carbonyl (C=O) groups excluding carboxylic acids is 1. The summed E-state index contributed by atoms with van der Waals surface area (Å²) < 4.78 is 18.9. The molecule has 0 saturated heterocycles. The molecule has 0 bridgehead atoms. The third kappa shape index (κ3) is 2.67. The molecule has 1 rings (SSSR count). The third-order valence-corrected chi connectivity index (χ3v) is 2.69. The Hall–Kier alpha value is -1.89. The van der Waals surface area contributed by atoms with Crippen LogP contribution in [0.3, 0.4) is 0 Å². The molecule has 0 aromatic heterocycles. The fraction of sp³-hybridized carbons (Fsp3) is 0.429. The van der Waals surface area contributed by atoms with Gasteiger partial charge in [-0.15, -0.1) is 0 Å². The van der Waals surface area contributed by atoms with Gasteiger partial charge in [-0.3, -0.25) is 0 Å². The minimum Gasteiger partial charge on any atom is -0.463 e. The first kappa shape index (κ1) is 14.2. The van der Waals surface area contributed by atoms with Crippen LogP contribution >= 0.6 is 0 Å². The van der Waals surface area contributed by atoms with E-state index in [2.05, 4.69) is 4.74 Å². The molecule has 0 aliphatic carbocycles. The van der Waals surface area contributed by atoms with Crippen LogP contribution in [-0.4, -0.2) is 12.6 Å². The molecule has 1 atom stereocenters. The van der Waals surface area contributed by atoms with Crippen LogP contribution in [0, 0.1) is 11.3 Å². The van der Waals surface area contributed by atoms with Gasteiger partial charge in [0.15, 0.2) is 0 Å². The lowest BCUT2D eigenvalue weighted by Crippen LogP contribution is -2.31. The number of rotatable bonds is 4. The van der Waals surface area contributed by atoms with Gasteiger partial charge in [-0.1, -0.05) is 38.1 Å². The van der Waals surface area contributed by atoms with Crippen molar-refractivity contribution in [3.05, 3.63) is 35.4 Å². The lowest BCUT2D eigenvalue weighted by atomic mass is 9.94. The molecule has 0 aliphatic heterocycles. The first-order chi connectivity index (χ1) is 8.45. The topological polar surface area (TPSA) is 50.1 Å². The molecule has 0 N–H and O–H groups in total. The zero-order valence-corrected chi connectivity index (χ0v) is 10.7. The monoisotopic (exact) mass is 249 g/mol. The van der Waals surface area contributed by atoms with Crippen LogP contribution in [0.2, 0.25) is 0 Å². The normalized spacial score (nSPS) is 13.8. The highest BCUT2D eigenvalue weighted by Gasteiger charge is 2.42. The fourth-order valence-electron chi connectivity index (χ4n) is 1.56. The minimum atomic E-state index is -2.73. The Labute approximate surface area is 106 Å². The predicted octanol–water partition coefficient (Wildman–Crippen LogP) is 3.06. The summed E-state index contributed by atoms with van der Waals surface area (Å²) >= 11 is 0. The maximum absolute atomic E-state index is 14.3. The lowest BCUT2D eigenvalue weighted by Gasteiger charge is -2.16. The molecule has 0 spiro atoms. The molecule has 96 valence electrons.